The van der Waals surface area contributed by atoms with Gasteiger partial charge in [-0.2, -0.15) is 0 Å². The van der Waals surface area contributed by atoms with Crippen LogP contribution >= 0.6 is 11.8 Å². The van der Waals surface area contributed by atoms with E-state index in [1.54, 1.807) is 11.8 Å². The van der Waals surface area contributed by atoms with E-state index in [0.717, 1.165) is 29.0 Å². The van der Waals surface area contributed by atoms with Crippen LogP contribution in [0.5, 0.6) is 0 Å². The number of carbonyl (C=O) groups is 1. The standard InChI is InChI=1S/C21H28N2OS/c1-5-15(3)16-10-12-17(13-11-16)20(6-2)23-21(24)22-18-8-7-9-19(14-18)25-4/h7-15,20H,5-6H2,1-4H3,(H2,22,23,24)/t15-,20-/m0/s1. The van der Waals surface area contributed by atoms with Gasteiger partial charge < -0.3 is 10.6 Å². The van der Waals surface area contributed by atoms with E-state index in [2.05, 4.69) is 55.7 Å². The highest BCUT2D eigenvalue weighted by Gasteiger charge is 2.13. The second-order valence-corrected chi connectivity index (χ2v) is 7.15. The van der Waals surface area contributed by atoms with Gasteiger partial charge in [0.15, 0.2) is 0 Å². The topological polar surface area (TPSA) is 41.1 Å². The van der Waals surface area contributed by atoms with E-state index in [9.17, 15) is 4.79 Å². The van der Waals surface area contributed by atoms with Gasteiger partial charge in [-0.05, 0) is 54.3 Å². The summed E-state index contributed by atoms with van der Waals surface area (Å²) in [5.74, 6) is 0.564. The van der Waals surface area contributed by atoms with Gasteiger partial charge >= 0.3 is 6.03 Å². The number of hydrogen-bond acceptors (Lipinski definition) is 2. The Kier molecular flexibility index (Phi) is 7.38. The molecule has 2 N–H and O–H groups in total. The number of thioether (sulfide) groups is 1. The van der Waals surface area contributed by atoms with Crippen LogP contribution in [0.2, 0.25) is 0 Å². The lowest BCUT2D eigenvalue weighted by Crippen LogP contribution is -2.32. The summed E-state index contributed by atoms with van der Waals surface area (Å²) in [6.45, 7) is 6.52. The Bertz CT molecular complexity index is 685. The normalized spacial score (nSPS) is 13.1. The second kappa shape index (κ2) is 9.52. The fourth-order valence-corrected chi connectivity index (χ4v) is 3.20. The molecule has 0 aliphatic carbocycles. The van der Waals surface area contributed by atoms with Crippen molar-refractivity contribution in [2.45, 2.75) is 50.5 Å². The van der Waals surface area contributed by atoms with Crippen molar-refractivity contribution in [1.82, 2.24) is 5.32 Å². The maximum atomic E-state index is 12.3. The molecule has 0 aromatic heterocycles. The number of hydrogen-bond donors (Lipinski definition) is 2. The van der Waals surface area contributed by atoms with Crippen molar-refractivity contribution in [3.63, 3.8) is 0 Å². The minimum Gasteiger partial charge on any atom is -0.331 e. The third-order valence-corrected chi connectivity index (χ3v) is 5.29. The third kappa shape index (κ3) is 5.53. The quantitative estimate of drug-likeness (QED) is 0.580. The Hall–Kier alpha value is -1.94. The average Bonchev–Trinajstić information content (AvgIpc) is 2.65. The van der Waals surface area contributed by atoms with Gasteiger partial charge in [-0.1, -0.05) is 51.1 Å². The molecule has 2 rings (SSSR count). The van der Waals surface area contributed by atoms with Crippen molar-refractivity contribution in [2.75, 3.05) is 11.6 Å². The molecule has 2 aromatic carbocycles. The zero-order chi connectivity index (χ0) is 18.2. The first-order valence-corrected chi connectivity index (χ1v) is 10.1. The molecule has 0 unspecified atom stereocenters. The summed E-state index contributed by atoms with van der Waals surface area (Å²) in [6.07, 6.45) is 4.00. The Morgan fingerprint density at radius 2 is 1.72 bits per heavy atom. The lowest BCUT2D eigenvalue weighted by atomic mass is 9.95. The van der Waals surface area contributed by atoms with Crippen LogP contribution in [0.1, 0.15) is 56.7 Å². The number of rotatable bonds is 7. The highest BCUT2D eigenvalue weighted by molar-refractivity contribution is 7.98. The first-order valence-electron chi connectivity index (χ1n) is 8.88. The smallest absolute Gasteiger partial charge is 0.319 e. The van der Waals surface area contributed by atoms with Crippen LogP contribution in [0.15, 0.2) is 53.4 Å². The molecule has 0 saturated carbocycles. The lowest BCUT2D eigenvalue weighted by molar-refractivity contribution is 0.248. The highest BCUT2D eigenvalue weighted by atomic mass is 32.2. The SMILES string of the molecule is CC[C@H](NC(=O)Nc1cccc(SC)c1)c1ccc([C@@H](C)CC)cc1. The number of nitrogens with one attached hydrogen (secondary N) is 2. The van der Waals surface area contributed by atoms with Crippen molar-refractivity contribution >= 4 is 23.5 Å². The Morgan fingerprint density at radius 1 is 1.04 bits per heavy atom. The van der Waals surface area contributed by atoms with Gasteiger partial charge in [-0.3, -0.25) is 0 Å². The predicted molar refractivity (Wildman–Crippen MR) is 109 cm³/mol. The van der Waals surface area contributed by atoms with Crippen LogP contribution in [0.3, 0.4) is 0 Å². The van der Waals surface area contributed by atoms with Crippen LogP contribution in [0, 0.1) is 0 Å². The molecule has 4 heteroatoms. The van der Waals surface area contributed by atoms with Crippen LogP contribution in [0.4, 0.5) is 10.5 Å². The minimum absolute atomic E-state index is 0.00900. The Balaban J connectivity index is 2.01. The first-order chi connectivity index (χ1) is 12.1. The molecule has 25 heavy (non-hydrogen) atoms. The molecule has 2 atom stereocenters. The van der Waals surface area contributed by atoms with E-state index >= 15 is 0 Å². The van der Waals surface area contributed by atoms with Crippen molar-refractivity contribution in [1.29, 1.82) is 0 Å². The number of urea groups is 1. The van der Waals surface area contributed by atoms with Crippen LogP contribution in [-0.4, -0.2) is 12.3 Å². The van der Waals surface area contributed by atoms with Crippen molar-refractivity contribution in [2.24, 2.45) is 0 Å². The molecule has 2 amide bonds. The van der Waals surface area contributed by atoms with Gasteiger partial charge in [0.1, 0.15) is 0 Å². The van der Waals surface area contributed by atoms with Crippen LogP contribution < -0.4 is 10.6 Å². The molecule has 0 saturated heterocycles. The lowest BCUT2D eigenvalue weighted by Gasteiger charge is -2.19. The zero-order valence-electron chi connectivity index (χ0n) is 15.5. The van der Waals surface area contributed by atoms with Gasteiger partial charge in [0.2, 0.25) is 0 Å². The van der Waals surface area contributed by atoms with E-state index in [-0.39, 0.29) is 12.1 Å². The van der Waals surface area contributed by atoms with E-state index in [4.69, 9.17) is 0 Å². The molecule has 0 aliphatic rings. The molecular weight excluding hydrogens is 328 g/mol. The van der Waals surface area contributed by atoms with Gasteiger partial charge in [-0.15, -0.1) is 11.8 Å². The van der Waals surface area contributed by atoms with E-state index in [1.807, 2.05) is 30.5 Å². The maximum Gasteiger partial charge on any atom is 0.319 e. The minimum atomic E-state index is -0.170. The van der Waals surface area contributed by atoms with Crippen molar-refractivity contribution < 1.29 is 4.79 Å². The fraction of sp³-hybridized carbons (Fsp3) is 0.381. The molecule has 0 heterocycles. The summed E-state index contributed by atoms with van der Waals surface area (Å²) in [5.41, 5.74) is 3.30. The molecule has 0 fully saturated rings. The first kappa shape index (κ1) is 19.4. The summed E-state index contributed by atoms with van der Waals surface area (Å²) in [4.78, 5) is 13.5. The molecule has 0 radical (unpaired) electrons. The van der Waals surface area contributed by atoms with Crippen LogP contribution in [-0.2, 0) is 0 Å². The predicted octanol–water partition coefficient (Wildman–Crippen LogP) is 6.19. The number of benzene rings is 2. The van der Waals surface area contributed by atoms with Gasteiger partial charge in [0.05, 0.1) is 6.04 Å². The van der Waals surface area contributed by atoms with Crippen molar-refractivity contribution in [3.05, 3.63) is 59.7 Å². The molecule has 0 spiro atoms. The number of carbonyl (C=O) groups excluding carboxylic acids is 1. The number of amides is 2. The Labute approximate surface area is 155 Å². The molecule has 2 aromatic rings. The van der Waals surface area contributed by atoms with Gasteiger partial charge in [0, 0.05) is 10.6 Å². The van der Waals surface area contributed by atoms with E-state index in [1.165, 1.54) is 5.56 Å². The van der Waals surface area contributed by atoms with Gasteiger partial charge in [-0.25, -0.2) is 4.79 Å². The highest BCUT2D eigenvalue weighted by Crippen LogP contribution is 2.23. The molecule has 0 aliphatic heterocycles. The zero-order valence-corrected chi connectivity index (χ0v) is 16.3. The largest absolute Gasteiger partial charge is 0.331 e. The fourth-order valence-electron chi connectivity index (χ4n) is 2.74. The Morgan fingerprint density at radius 3 is 2.32 bits per heavy atom. The maximum absolute atomic E-state index is 12.3. The summed E-state index contributed by atoms with van der Waals surface area (Å²) in [6, 6.07) is 16.3. The molecule has 134 valence electrons. The molecule has 3 nitrogen and oxygen atoms in total. The number of anilines is 1. The summed E-state index contributed by atoms with van der Waals surface area (Å²) in [7, 11) is 0. The summed E-state index contributed by atoms with van der Waals surface area (Å²) >= 11 is 1.66. The van der Waals surface area contributed by atoms with Crippen LogP contribution in [0.25, 0.3) is 0 Å². The average molecular weight is 357 g/mol. The van der Waals surface area contributed by atoms with Gasteiger partial charge in [0.25, 0.3) is 0 Å². The van der Waals surface area contributed by atoms with E-state index in [0.29, 0.717) is 5.92 Å². The molecule has 0 bridgehead atoms. The summed E-state index contributed by atoms with van der Waals surface area (Å²) in [5, 5.41) is 6.00. The van der Waals surface area contributed by atoms with Crippen molar-refractivity contribution in [3.8, 4) is 0 Å². The summed E-state index contributed by atoms with van der Waals surface area (Å²) < 4.78 is 0. The molecular formula is C21H28N2OS. The van der Waals surface area contributed by atoms with E-state index < -0.39 is 0 Å². The third-order valence-electron chi connectivity index (χ3n) is 4.56. The monoisotopic (exact) mass is 356 g/mol. The second-order valence-electron chi connectivity index (χ2n) is 6.27.